The van der Waals surface area contributed by atoms with Crippen LogP contribution in [0.3, 0.4) is 0 Å². The second-order valence-electron chi connectivity index (χ2n) is 8.69. The molecule has 4 aromatic rings. The van der Waals surface area contributed by atoms with Crippen LogP contribution in [-0.2, 0) is 7.05 Å². The summed E-state index contributed by atoms with van der Waals surface area (Å²) in [5.74, 6) is -0.933. The van der Waals surface area contributed by atoms with Crippen molar-refractivity contribution in [1.82, 2.24) is 19.7 Å². The topological polar surface area (TPSA) is 74.5 Å². The van der Waals surface area contributed by atoms with Gasteiger partial charge in [0.15, 0.2) is 11.6 Å². The molecule has 0 radical (unpaired) electrons. The third-order valence-electron chi connectivity index (χ3n) is 6.21. The smallest absolute Gasteiger partial charge is 0.407 e. The lowest BCUT2D eigenvalue weighted by Crippen LogP contribution is -2.58. The molecule has 1 fully saturated rings. The molecular weight excluding hydrogens is 428 g/mol. The van der Waals surface area contributed by atoms with Gasteiger partial charge >= 0.3 is 6.09 Å². The minimum Gasteiger partial charge on any atom is -0.465 e. The Labute approximate surface area is 188 Å². The van der Waals surface area contributed by atoms with E-state index >= 15 is 4.39 Å². The largest absolute Gasteiger partial charge is 0.465 e. The summed E-state index contributed by atoms with van der Waals surface area (Å²) >= 11 is 0. The van der Waals surface area contributed by atoms with E-state index in [2.05, 4.69) is 10.1 Å². The number of benzene rings is 2. The van der Waals surface area contributed by atoms with E-state index in [-0.39, 0.29) is 23.1 Å². The predicted octanol–water partition coefficient (Wildman–Crippen LogP) is 4.64. The second kappa shape index (κ2) is 7.68. The molecule has 170 valence electrons. The number of anilines is 1. The number of aryl methyl sites for hydroxylation is 1. The lowest BCUT2D eigenvalue weighted by atomic mass is 10.0. The van der Waals surface area contributed by atoms with E-state index in [0.29, 0.717) is 40.8 Å². The highest BCUT2D eigenvalue weighted by molar-refractivity contribution is 5.88. The maximum absolute atomic E-state index is 15.2. The molecule has 0 unspecified atom stereocenters. The number of halogens is 2. The van der Waals surface area contributed by atoms with Crippen molar-refractivity contribution in [2.24, 2.45) is 7.05 Å². The normalized spacial score (nSPS) is 18.9. The van der Waals surface area contributed by atoms with Gasteiger partial charge in [0.05, 0.1) is 17.8 Å². The third-order valence-corrected chi connectivity index (χ3v) is 6.21. The molecule has 1 N–H and O–H groups in total. The van der Waals surface area contributed by atoms with Crippen LogP contribution in [0.25, 0.3) is 33.1 Å². The highest BCUT2D eigenvalue weighted by atomic mass is 19.1. The number of hydrogen-bond acceptors (Lipinski definition) is 4. The number of amides is 1. The van der Waals surface area contributed by atoms with Crippen LogP contribution in [-0.4, -0.2) is 56.0 Å². The van der Waals surface area contributed by atoms with Gasteiger partial charge in [0, 0.05) is 48.4 Å². The van der Waals surface area contributed by atoms with Crippen LogP contribution in [0, 0.1) is 11.6 Å². The van der Waals surface area contributed by atoms with Gasteiger partial charge in [-0.2, -0.15) is 5.10 Å². The summed E-state index contributed by atoms with van der Waals surface area (Å²) in [6.45, 7) is 4.63. The monoisotopic (exact) mass is 451 g/mol. The van der Waals surface area contributed by atoms with Crippen LogP contribution in [0.1, 0.15) is 13.8 Å². The molecule has 1 amide bonds. The standard InChI is InChI=1S/C24H23F2N5O2/c1-13-10-30(11-14(2)31(13)24(32)33)18-7-15-4-5-21(27-22(15)20(26)9-18)16-6-17-12-29(3)28-23(17)19(25)8-16/h4-9,12-14H,10-11H2,1-3H3,(H,32,33)/t13-,14-/m0/s1. The molecule has 2 aromatic carbocycles. The number of pyridine rings is 1. The predicted molar refractivity (Wildman–Crippen MR) is 122 cm³/mol. The Morgan fingerprint density at radius 2 is 1.70 bits per heavy atom. The van der Waals surface area contributed by atoms with Gasteiger partial charge in [-0.3, -0.25) is 9.58 Å². The Hall–Kier alpha value is -3.75. The zero-order valence-electron chi connectivity index (χ0n) is 18.5. The number of carbonyl (C=O) groups is 1. The molecule has 1 saturated heterocycles. The summed E-state index contributed by atoms with van der Waals surface area (Å²) < 4.78 is 31.2. The van der Waals surface area contributed by atoms with Crippen LogP contribution in [0.15, 0.2) is 42.6 Å². The van der Waals surface area contributed by atoms with Crippen molar-refractivity contribution in [1.29, 1.82) is 0 Å². The molecule has 1 aliphatic rings. The lowest BCUT2D eigenvalue weighted by Gasteiger charge is -2.44. The lowest BCUT2D eigenvalue weighted by molar-refractivity contribution is 0.0982. The van der Waals surface area contributed by atoms with Crippen LogP contribution < -0.4 is 4.90 Å². The first-order valence-electron chi connectivity index (χ1n) is 10.7. The highest BCUT2D eigenvalue weighted by Gasteiger charge is 2.33. The van der Waals surface area contributed by atoms with Crippen LogP contribution in [0.2, 0.25) is 0 Å². The van der Waals surface area contributed by atoms with E-state index in [1.165, 1.54) is 17.0 Å². The number of aromatic nitrogens is 3. The van der Waals surface area contributed by atoms with E-state index in [9.17, 15) is 14.3 Å². The molecule has 2 aromatic heterocycles. The summed E-state index contributed by atoms with van der Waals surface area (Å²) in [5.41, 5.74) is 2.18. The molecule has 33 heavy (non-hydrogen) atoms. The molecule has 9 heteroatoms. The van der Waals surface area contributed by atoms with E-state index in [4.69, 9.17) is 0 Å². The van der Waals surface area contributed by atoms with Crippen molar-refractivity contribution in [3.05, 3.63) is 54.2 Å². The van der Waals surface area contributed by atoms with Gasteiger partial charge in [-0.25, -0.2) is 18.6 Å². The van der Waals surface area contributed by atoms with Crippen molar-refractivity contribution in [2.75, 3.05) is 18.0 Å². The van der Waals surface area contributed by atoms with E-state index < -0.39 is 17.7 Å². The quantitative estimate of drug-likeness (QED) is 0.481. The minimum absolute atomic E-state index is 0.202. The number of rotatable bonds is 2. The first-order valence-corrected chi connectivity index (χ1v) is 10.7. The van der Waals surface area contributed by atoms with E-state index in [0.717, 1.165) is 0 Å². The number of hydrogen-bond donors (Lipinski definition) is 1. The maximum Gasteiger partial charge on any atom is 0.407 e. The average molecular weight is 451 g/mol. The Balaban J connectivity index is 1.51. The molecule has 5 rings (SSSR count). The molecule has 1 aliphatic heterocycles. The average Bonchev–Trinajstić information content (AvgIpc) is 3.13. The van der Waals surface area contributed by atoms with Gasteiger partial charge < -0.3 is 10.0 Å². The minimum atomic E-state index is -0.947. The Morgan fingerprint density at radius 1 is 1.00 bits per heavy atom. The van der Waals surface area contributed by atoms with Crippen LogP contribution >= 0.6 is 0 Å². The second-order valence-corrected chi connectivity index (χ2v) is 8.69. The van der Waals surface area contributed by atoms with Crippen LogP contribution in [0.4, 0.5) is 19.3 Å². The van der Waals surface area contributed by atoms with Crippen molar-refractivity contribution < 1.29 is 18.7 Å². The number of piperazine rings is 1. The Morgan fingerprint density at radius 3 is 2.39 bits per heavy atom. The molecule has 2 atom stereocenters. The van der Waals surface area contributed by atoms with Gasteiger partial charge in [0.1, 0.15) is 11.0 Å². The molecule has 0 saturated carbocycles. The molecule has 0 spiro atoms. The molecular formula is C24H23F2N5O2. The summed E-state index contributed by atoms with van der Waals surface area (Å²) in [4.78, 5) is 19.4. The van der Waals surface area contributed by atoms with Gasteiger partial charge in [0.2, 0.25) is 0 Å². The Kier molecular flexibility index (Phi) is 4.92. The number of nitrogens with zero attached hydrogens (tertiary/aromatic N) is 5. The zero-order chi connectivity index (χ0) is 23.4. The fourth-order valence-electron chi connectivity index (χ4n) is 4.79. The fraction of sp³-hybridized carbons (Fsp3) is 0.292. The summed E-state index contributed by atoms with van der Waals surface area (Å²) in [6.07, 6.45) is 0.777. The fourth-order valence-corrected chi connectivity index (χ4v) is 4.79. The van der Waals surface area contributed by atoms with Crippen molar-refractivity contribution >= 4 is 33.6 Å². The van der Waals surface area contributed by atoms with E-state index in [1.54, 1.807) is 36.1 Å². The summed E-state index contributed by atoms with van der Waals surface area (Å²) in [6, 6.07) is 9.52. The van der Waals surface area contributed by atoms with Crippen LogP contribution in [0.5, 0.6) is 0 Å². The van der Waals surface area contributed by atoms with Gasteiger partial charge in [0.25, 0.3) is 0 Å². The van der Waals surface area contributed by atoms with E-state index in [1.807, 2.05) is 24.8 Å². The maximum atomic E-state index is 15.2. The zero-order valence-corrected chi connectivity index (χ0v) is 18.5. The van der Waals surface area contributed by atoms with Gasteiger partial charge in [-0.05, 0) is 44.2 Å². The highest BCUT2D eigenvalue weighted by Crippen LogP contribution is 2.31. The third kappa shape index (κ3) is 3.63. The first-order chi connectivity index (χ1) is 15.7. The molecule has 3 heterocycles. The number of fused-ring (bicyclic) bond motifs is 2. The summed E-state index contributed by atoms with van der Waals surface area (Å²) in [7, 11) is 1.73. The van der Waals surface area contributed by atoms with Crippen molar-refractivity contribution in [3.8, 4) is 11.3 Å². The number of carboxylic acid groups (broad SMARTS) is 1. The van der Waals surface area contributed by atoms with Crippen molar-refractivity contribution in [3.63, 3.8) is 0 Å². The molecule has 0 bridgehead atoms. The van der Waals surface area contributed by atoms with Gasteiger partial charge in [-0.1, -0.05) is 6.07 Å². The molecule has 0 aliphatic carbocycles. The van der Waals surface area contributed by atoms with Crippen molar-refractivity contribution in [2.45, 2.75) is 25.9 Å². The summed E-state index contributed by atoms with van der Waals surface area (Å²) in [5, 5.41) is 14.8. The SMILES string of the molecule is C[C@H]1CN(c2cc(F)c3nc(-c4cc(F)c5nn(C)cc5c4)ccc3c2)C[C@H](C)N1C(=O)O. The Bertz CT molecular complexity index is 1390. The first kappa shape index (κ1) is 21.1. The molecule has 7 nitrogen and oxygen atoms in total. The van der Waals surface area contributed by atoms with Gasteiger partial charge in [-0.15, -0.1) is 0 Å².